The van der Waals surface area contributed by atoms with Gasteiger partial charge in [0.1, 0.15) is 11.5 Å². The summed E-state index contributed by atoms with van der Waals surface area (Å²) in [6, 6.07) is 21.8. The minimum Gasteiger partial charge on any atom is -0.352 e. The van der Waals surface area contributed by atoms with Gasteiger partial charge in [-0.05, 0) is 18.9 Å². The van der Waals surface area contributed by atoms with Crippen molar-refractivity contribution in [2.24, 2.45) is 0 Å². The molecular weight excluding hydrogens is 348 g/mol. The summed E-state index contributed by atoms with van der Waals surface area (Å²) in [5, 5.41) is 2.91. The fraction of sp³-hybridized carbons (Fsp3) is 0.261. The first-order valence-corrected chi connectivity index (χ1v) is 9.72. The summed E-state index contributed by atoms with van der Waals surface area (Å²) in [5.41, 5.74) is 2.48. The van der Waals surface area contributed by atoms with E-state index in [1.54, 1.807) is 6.07 Å². The van der Waals surface area contributed by atoms with Gasteiger partial charge in [0.15, 0.2) is 5.82 Å². The maximum Gasteiger partial charge on any atom is 0.270 e. The zero-order valence-electron chi connectivity index (χ0n) is 16.4. The number of aromatic nitrogens is 2. The summed E-state index contributed by atoms with van der Waals surface area (Å²) in [5.74, 6) is 1.14. The number of amides is 1. The van der Waals surface area contributed by atoms with Crippen LogP contribution in [-0.2, 0) is 6.54 Å². The van der Waals surface area contributed by atoms with Gasteiger partial charge in [-0.3, -0.25) is 4.79 Å². The lowest BCUT2D eigenvalue weighted by Gasteiger charge is -2.23. The first kappa shape index (κ1) is 19.5. The van der Waals surface area contributed by atoms with Crippen LogP contribution in [0.15, 0.2) is 66.7 Å². The second-order valence-corrected chi connectivity index (χ2v) is 6.56. The summed E-state index contributed by atoms with van der Waals surface area (Å²) >= 11 is 0. The highest BCUT2D eigenvalue weighted by atomic mass is 16.1. The van der Waals surface area contributed by atoms with Crippen LogP contribution in [0.5, 0.6) is 0 Å². The van der Waals surface area contributed by atoms with E-state index in [2.05, 4.69) is 34.3 Å². The molecule has 0 fully saturated rings. The summed E-state index contributed by atoms with van der Waals surface area (Å²) in [4.78, 5) is 24.0. The van der Waals surface area contributed by atoms with E-state index in [-0.39, 0.29) is 5.91 Å². The Labute approximate surface area is 166 Å². The van der Waals surface area contributed by atoms with Crippen LogP contribution >= 0.6 is 0 Å². The lowest BCUT2D eigenvalue weighted by molar-refractivity contribution is 0.0948. The van der Waals surface area contributed by atoms with Crippen LogP contribution in [0.4, 0.5) is 5.82 Å². The first-order chi connectivity index (χ1) is 13.7. The molecule has 0 saturated carbocycles. The van der Waals surface area contributed by atoms with Crippen LogP contribution in [0.3, 0.4) is 0 Å². The smallest absolute Gasteiger partial charge is 0.270 e. The molecule has 1 N–H and O–H groups in total. The maximum atomic E-state index is 12.6. The predicted octanol–water partition coefficient (Wildman–Crippen LogP) is 4.31. The Morgan fingerprint density at radius 1 is 0.964 bits per heavy atom. The number of nitrogens with one attached hydrogen (secondary N) is 1. The Morgan fingerprint density at radius 2 is 1.64 bits per heavy atom. The Bertz CT molecular complexity index is 897. The Morgan fingerprint density at radius 3 is 2.29 bits per heavy atom. The quantitative estimate of drug-likeness (QED) is 0.638. The summed E-state index contributed by atoms with van der Waals surface area (Å²) < 4.78 is 0. The fourth-order valence-corrected chi connectivity index (χ4v) is 2.92. The van der Waals surface area contributed by atoms with Gasteiger partial charge in [0.2, 0.25) is 0 Å². The van der Waals surface area contributed by atoms with Crippen molar-refractivity contribution < 1.29 is 4.79 Å². The number of rotatable bonds is 8. The molecule has 0 atom stereocenters. The molecule has 0 saturated heterocycles. The van der Waals surface area contributed by atoms with Crippen LogP contribution < -0.4 is 10.2 Å². The van der Waals surface area contributed by atoms with Crippen molar-refractivity contribution in [3.63, 3.8) is 0 Å². The van der Waals surface area contributed by atoms with E-state index in [0.29, 0.717) is 18.1 Å². The largest absolute Gasteiger partial charge is 0.352 e. The van der Waals surface area contributed by atoms with Gasteiger partial charge >= 0.3 is 0 Å². The van der Waals surface area contributed by atoms with Crippen molar-refractivity contribution in [3.8, 4) is 11.4 Å². The Balaban J connectivity index is 1.99. The Hall–Kier alpha value is -3.21. The van der Waals surface area contributed by atoms with Crippen molar-refractivity contribution in [2.75, 3.05) is 18.0 Å². The molecular formula is C23H26N4O. The minimum absolute atomic E-state index is 0.168. The lowest BCUT2D eigenvalue weighted by Crippen LogP contribution is -2.27. The molecule has 28 heavy (non-hydrogen) atoms. The van der Waals surface area contributed by atoms with E-state index < -0.39 is 0 Å². The zero-order chi connectivity index (χ0) is 19.8. The number of benzene rings is 2. The average Bonchev–Trinajstić information content (AvgIpc) is 2.76. The number of carbonyl (C=O) groups excluding carboxylic acids is 1. The van der Waals surface area contributed by atoms with Crippen LogP contribution in [0, 0.1) is 0 Å². The van der Waals surface area contributed by atoms with Gasteiger partial charge in [-0.15, -0.1) is 0 Å². The van der Waals surface area contributed by atoms with Crippen LogP contribution in [-0.4, -0.2) is 29.0 Å². The number of hydrogen-bond donors (Lipinski definition) is 1. The Kier molecular flexibility index (Phi) is 6.73. The van der Waals surface area contributed by atoms with Gasteiger partial charge < -0.3 is 10.2 Å². The monoisotopic (exact) mass is 374 g/mol. The third-order valence-electron chi connectivity index (χ3n) is 4.43. The number of anilines is 1. The highest BCUT2D eigenvalue weighted by Crippen LogP contribution is 2.21. The van der Waals surface area contributed by atoms with Gasteiger partial charge in [0.25, 0.3) is 5.91 Å². The van der Waals surface area contributed by atoms with Crippen molar-refractivity contribution in [3.05, 3.63) is 78.0 Å². The molecule has 0 aliphatic rings. The summed E-state index contributed by atoms with van der Waals surface area (Å²) in [7, 11) is 0. The SMILES string of the molecule is CCCNC(=O)c1cc(N(CC)Cc2ccccc2)nc(-c2ccccc2)n1. The second-order valence-electron chi connectivity index (χ2n) is 6.56. The van der Waals surface area contributed by atoms with E-state index in [1.807, 2.05) is 55.5 Å². The molecule has 5 heteroatoms. The van der Waals surface area contributed by atoms with Crippen LogP contribution in [0.2, 0.25) is 0 Å². The molecule has 0 aliphatic heterocycles. The van der Waals surface area contributed by atoms with E-state index in [9.17, 15) is 4.79 Å². The molecule has 3 rings (SSSR count). The minimum atomic E-state index is -0.168. The normalized spacial score (nSPS) is 10.5. The van der Waals surface area contributed by atoms with Gasteiger partial charge in [-0.2, -0.15) is 0 Å². The van der Waals surface area contributed by atoms with Crippen LogP contribution in [0.1, 0.15) is 36.3 Å². The molecule has 1 aromatic heterocycles. The molecule has 0 unspecified atom stereocenters. The number of hydrogen-bond acceptors (Lipinski definition) is 4. The molecule has 0 aliphatic carbocycles. The summed E-state index contributed by atoms with van der Waals surface area (Å²) in [6.07, 6.45) is 0.879. The predicted molar refractivity (Wildman–Crippen MR) is 113 cm³/mol. The fourth-order valence-electron chi connectivity index (χ4n) is 2.92. The molecule has 144 valence electrons. The number of carbonyl (C=O) groups is 1. The molecule has 2 aromatic carbocycles. The van der Waals surface area contributed by atoms with Crippen molar-refractivity contribution in [1.82, 2.24) is 15.3 Å². The molecule has 0 bridgehead atoms. The first-order valence-electron chi connectivity index (χ1n) is 9.72. The topological polar surface area (TPSA) is 58.1 Å². The van der Waals surface area contributed by atoms with Crippen molar-refractivity contribution in [1.29, 1.82) is 0 Å². The third kappa shape index (κ3) is 4.94. The highest BCUT2D eigenvalue weighted by molar-refractivity contribution is 5.93. The lowest BCUT2D eigenvalue weighted by atomic mass is 10.2. The molecule has 1 heterocycles. The van der Waals surface area contributed by atoms with Crippen molar-refractivity contribution >= 4 is 11.7 Å². The van der Waals surface area contributed by atoms with Crippen LogP contribution in [0.25, 0.3) is 11.4 Å². The molecule has 0 spiro atoms. The molecule has 3 aromatic rings. The molecule has 0 radical (unpaired) electrons. The van der Waals surface area contributed by atoms with Gasteiger partial charge in [0, 0.05) is 31.3 Å². The van der Waals surface area contributed by atoms with E-state index in [4.69, 9.17) is 4.98 Å². The second kappa shape index (κ2) is 9.65. The zero-order valence-corrected chi connectivity index (χ0v) is 16.4. The van der Waals surface area contributed by atoms with E-state index in [0.717, 1.165) is 30.9 Å². The average molecular weight is 374 g/mol. The van der Waals surface area contributed by atoms with Crippen molar-refractivity contribution in [2.45, 2.75) is 26.8 Å². The molecule has 1 amide bonds. The van der Waals surface area contributed by atoms with E-state index in [1.165, 1.54) is 5.56 Å². The summed E-state index contributed by atoms with van der Waals surface area (Å²) in [6.45, 7) is 6.24. The van der Waals surface area contributed by atoms with E-state index >= 15 is 0 Å². The van der Waals surface area contributed by atoms with Gasteiger partial charge in [0.05, 0.1) is 0 Å². The standard InChI is InChI=1S/C23H26N4O/c1-3-15-24-23(28)20-16-21(26-22(25-20)19-13-9-6-10-14-19)27(4-2)17-18-11-7-5-8-12-18/h5-14,16H,3-4,15,17H2,1-2H3,(H,24,28). The van der Waals surface area contributed by atoms with Gasteiger partial charge in [-0.1, -0.05) is 67.6 Å². The maximum absolute atomic E-state index is 12.6. The van der Waals surface area contributed by atoms with Gasteiger partial charge in [-0.25, -0.2) is 9.97 Å². The highest BCUT2D eigenvalue weighted by Gasteiger charge is 2.16. The molecule has 5 nitrogen and oxygen atoms in total. The number of nitrogens with zero attached hydrogens (tertiary/aromatic N) is 3. The third-order valence-corrected chi connectivity index (χ3v) is 4.43.